The molecule has 0 saturated heterocycles. The number of aromatic nitrogens is 2. The molecule has 21 heavy (non-hydrogen) atoms. The van der Waals surface area contributed by atoms with Crippen molar-refractivity contribution in [3.8, 4) is 0 Å². The van der Waals surface area contributed by atoms with E-state index in [1.165, 1.54) is 22.1 Å². The molecule has 2 rings (SSSR count). The van der Waals surface area contributed by atoms with Crippen molar-refractivity contribution in [3.63, 3.8) is 0 Å². The second-order valence-electron chi connectivity index (χ2n) is 4.36. The van der Waals surface area contributed by atoms with Gasteiger partial charge in [0.25, 0.3) is 0 Å². The maximum absolute atomic E-state index is 12.2. The third-order valence-corrected chi connectivity index (χ3v) is 5.16. The zero-order chi connectivity index (χ0) is 15.6. The zero-order valence-electron chi connectivity index (χ0n) is 11.5. The van der Waals surface area contributed by atoms with Crippen molar-refractivity contribution in [1.82, 2.24) is 14.3 Å². The average molecular weight is 329 g/mol. The monoisotopic (exact) mass is 329 g/mol. The van der Waals surface area contributed by atoms with Crippen LogP contribution in [0.4, 0.5) is 0 Å². The van der Waals surface area contributed by atoms with Crippen LogP contribution in [-0.4, -0.2) is 29.0 Å². The van der Waals surface area contributed by atoms with Crippen LogP contribution in [0.1, 0.15) is 28.1 Å². The summed E-state index contributed by atoms with van der Waals surface area (Å²) in [5.41, 5.74) is 0.780. The van der Waals surface area contributed by atoms with E-state index >= 15 is 0 Å². The minimum Gasteiger partial charge on any atom is -0.477 e. The number of carboxylic acid groups (broad SMARTS) is 1. The Morgan fingerprint density at radius 3 is 2.71 bits per heavy atom. The second kappa shape index (κ2) is 5.96. The molecule has 0 aliphatic rings. The van der Waals surface area contributed by atoms with E-state index in [-0.39, 0.29) is 17.1 Å². The minimum absolute atomic E-state index is 0.0528. The smallest absolute Gasteiger partial charge is 0.352 e. The molecule has 0 bridgehead atoms. The number of nitrogens with zero attached hydrogens (tertiary/aromatic N) is 2. The Labute approximate surface area is 126 Å². The molecule has 0 aromatic carbocycles. The van der Waals surface area contributed by atoms with Gasteiger partial charge < -0.3 is 9.67 Å². The summed E-state index contributed by atoms with van der Waals surface area (Å²) >= 11 is 1.37. The van der Waals surface area contributed by atoms with E-state index in [1.54, 1.807) is 6.92 Å². The number of thiazole rings is 1. The van der Waals surface area contributed by atoms with Gasteiger partial charge in [0.05, 0.1) is 6.54 Å². The lowest BCUT2D eigenvalue weighted by atomic mass is 10.4. The van der Waals surface area contributed by atoms with Crippen molar-refractivity contribution in [3.05, 3.63) is 34.0 Å². The van der Waals surface area contributed by atoms with E-state index in [0.717, 1.165) is 11.8 Å². The number of carboxylic acids is 1. The van der Waals surface area contributed by atoms with Gasteiger partial charge in [-0.1, -0.05) is 0 Å². The van der Waals surface area contributed by atoms with Crippen LogP contribution in [0.25, 0.3) is 0 Å². The number of carbonyl (C=O) groups is 1. The third kappa shape index (κ3) is 3.49. The first-order valence-corrected chi connectivity index (χ1v) is 8.54. The largest absolute Gasteiger partial charge is 0.477 e. The van der Waals surface area contributed by atoms with Gasteiger partial charge in [-0.2, -0.15) is 0 Å². The second-order valence-corrected chi connectivity index (χ2v) is 7.07. The molecule has 0 spiro atoms. The van der Waals surface area contributed by atoms with Crippen LogP contribution in [0, 0.1) is 6.92 Å². The van der Waals surface area contributed by atoms with Gasteiger partial charge in [0.2, 0.25) is 10.0 Å². The zero-order valence-corrected chi connectivity index (χ0v) is 13.2. The highest BCUT2D eigenvalue weighted by atomic mass is 32.2. The Kier molecular flexibility index (Phi) is 4.45. The van der Waals surface area contributed by atoms with Gasteiger partial charge >= 0.3 is 5.97 Å². The Morgan fingerprint density at radius 2 is 2.24 bits per heavy atom. The molecule has 0 fully saturated rings. The first-order valence-electron chi connectivity index (χ1n) is 6.17. The van der Waals surface area contributed by atoms with Crippen LogP contribution < -0.4 is 4.72 Å². The summed E-state index contributed by atoms with van der Waals surface area (Å²) in [5.74, 6) is -1.16. The third-order valence-electron chi connectivity index (χ3n) is 2.82. The maximum Gasteiger partial charge on any atom is 0.352 e. The van der Waals surface area contributed by atoms with Gasteiger partial charge in [0.1, 0.15) is 15.6 Å². The maximum atomic E-state index is 12.2. The summed E-state index contributed by atoms with van der Waals surface area (Å²) < 4.78 is 28.2. The minimum atomic E-state index is -3.76. The van der Waals surface area contributed by atoms with Gasteiger partial charge in [-0.05, 0) is 19.9 Å². The SMILES string of the molecule is CCn1cc(S(=O)(=O)NCc2nc(C)cs2)cc1C(=O)O. The van der Waals surface area contributed by atoms with Crippen molar-refractivity contribution < 1.29 is 18.3 Å². The van der Waals surface area contributed by atoms with Crippen molar-refractivity contribution in [1.29, 1.82) is 0 Å². The molecule has 0 atom stereocenters. The number of aromatic carboxylic acids is 1. The van der Waals surface area contributed by atoms with Gasteiger partial charge in [0.15, 0.2) is 0 Å². The van der Waals surface area contributed by atoms with E-state index in [2.05, 4.69) is 9.71 Å². The van der Waals surface area contributed by atoms with E-state index in [1.807, 2.05) is 12.3 Å². The standard InChI is InChI=1S/C12H15N3O4S2/c1-3-15-6-9(4-10(15)12(16)17)21(18,19)13-5-11-14-8(2)7-20-11/h4,6-7,13H,3,5H2,1-2H3,(H,16,17). The van der Waals surface area contributed by atoms with E-state index in [9.17, 15) is 13.2 Å². The first-order chi connectivity index (χ1) is 9.83. The Hall–Kier alpha value is -1.71. The highest BCUT2D eigenvalue weighted by Gasteiger charge is 2.21. The van der Waals surface area contributed by atoms with Crippen LogP contribution >= 0.6 is 11.3 Å². The van der Waals surface area contributed by atoms with E-state index in [4.69, 9.17) is 5.11 Å². The predicted molar refractivity (Wildman–Crippen MR) is 77.9 cm³/mol. The summed E-state index contributed by atoms with van der Waals surface area (Å²) in [6.45, 7) is 4.03. The number of rotatable bonds is 6. The fraction of sp³-hybridized carbons (Fsp3) is 0.333. The summed E-state index contributed by atoms with van der Waals surface area (Å²) in [4.78, 5) is 15.2. The number of aryl methyl sites for hydroxylation is 2. The normalized spacial score (nSPS) is 11.7. The molecule has 7 nitrogen and oxygen atoms in total. The number of nitrogens with one attached hydrogen (secondary N) is 1. The molecule has 0 radical (unpaired) electrons. The van der Waals surface area contributed by atoms with Crippen LogP contribution in [0.3, 0.4) is 0 Å². The molecule has 9 heteroatoms. The Morgan fingerprint density at radius 1 is 1.52 bits per heavy atom. The first kappa shape index (κ1) is 15.7. The van der Waals surface area contributed by atoms with Gasteiger partial charge in [0, 0.05) is 23.8 Å². The molecule has 0 unspecified atom stereocenters. The molecule has 0 aliphatic heterocycles. The molecule has 0 aliphatic carbocycles. The topological polar surface area (TPSA) is 101 Å². The van der Waals surface area contributed by atoms with E-state index < -0.39 is 16.0 Å². The molecule has 2 aromatic heterocycles. The molecule has 2 aromatic rings. The van der Waals surface area contributed by atoms with Gasteiger partial charge in [-0.3, -0.25) is 0 Å². The molecule has 2 N–H and O–H groups in total. The van der Waals surface area contributed by atoms with Crippen molar-refractivity contribution in [2.75, 3.05) is 0 Å². The average Bonchev–Trinajstić information content (AvgIpc) is 3.02. The summed E-state index contributed by atoms with van der Waals surface area (Å²) in [7, 11) is -3.76. The fourth-order valence-corrected chi connectivity index (χ4v) is 3.62. The fourth-order valence-electron chi connectivity index (χ4n) is 1.80. The van der Waals surface area contributed by atoms with Crippen molar-refractivity contribution in [2.24, 2.45) is 0 Å². The molecular weight excluding hydrogens is 314 g/mol. The van der Waals surface area contributed by atoms with Crippen molar-refractivity contribution >= 4 is 27.3 Å². The Balaban J connectivity index is 2.21. The van der Waals surface area contributed by atoms with Crippen LogP contribution in [-0.2, 0) is 23.1 Å². The number of hydrogen-bond acceptors (Lipinski definition) is 5. The summed E-state index contributed by atoms with van der Waals surface area (Å²) in [6.07, 6.45) is 1.32. The summed E-state index contributed by atoms with van der Waals surface area (Å²) in [6, 6.07) is 1.15. The lowest BCUT2D eigenvalue weighted by molar-refractivity contribution is 0.0685. The number of sulfonamides is 1. The quantitative estimate of drug-likeness (QED) is 0.835. The highest BCUT2D eigenvalue weighted by molar-refractivity contribution is 7.89. The van der Waals surface area contributed by atoms with Crippen LogP contribution in [0.5, 0.6) is 0 Å². The summed E-state index contributed by atoms with van der Waals surface area (Å²) in [5, 5.41) is 11.5. The van der Waals surface area contributed by atoms with E-state index in [0.29, 0.717) is 11.6 Å². The predicted octanol–water partition coefficient (Wildman–Crippen LogP) is 1.45. The highest BCUT2D eigenvalue weighted by Crippen LogP contribution is 2.16. The molecule has 0 amide bonds. The Bertz CT molecular complexity index is 761. The lowest BCUT2D eigenvalue weighted by Crippen LogP contribution is -2.22. The van der Waals surface area contributed by atoms with Gasteiger partial charge in [-0.25, -0.2) is 22.9 Å². The van der Waals surface area contributed by atoms with Crippen molar-refractivity contribution in [2.45, 2.75) is 31.8 Å². The number of hydrogen-bond donors (Lipinski definition) is 2. The van der Waals surface area contributed by atoms with Gasteiger partial charge in [-0.15, -0.1) is 11.3 Å². The van der Waals surface area contributed by atoms with Crippen LogP contribution in [0.2, 0.25) is 0 Å². The molecular formula is C12H15N3O4S2. The molecule has 114 valence electrons. The van der Waals surface area contributed by atoms with Crippen LogP contribution in [0.15, 0.2) is 22.5 Å². The molecule has 2 heterocycles. The molecule has 0 saturated carbocycles. The lowest BCUT2D eigenvalue weighted by Gasteiger charge is -2.02.